The van der Waals surface area contributed by atoms with Crippen LogP contribution in [0.5, 0.6) is 0 Å². The molecule has 0 bridgehead atoms. The summed E-state index contributed by atoms with van der Waals surface area (Å²) in [5, 5.41) is 9.64. The van der Waals surface area contributed by atoms with Crippen LogP contribution in [0, 0.1) is 32.5 Å². The lowest BCUT2D eigenvalue weighted by Crippen LogP contribution is -2.46. The minimum Gasteiger partial charge on any atom is -0.396 e. The average molecular weight is 659 g/mol. The van der Waals surface area contributed by atoms with Crippen molar-refractivity contribution in [3.8, 4) is 0 Å². The predicted octanol–water partition coefficient (Wildman–Crippen LogP) is 13.7. The molecule has 0 aliphatic carbocycles. The van der Waals surface area contributed by atoms with Crippen LogP contribution in [0.2, 0.25) is 0 Å². The number of aliphatic hydroxyl groups excluding tert-OH is 1. The molecule has 1 aromatic carbocycles. The zero-order valence-corrected chi connectivity index (χ0v) is 36.0. The maximum absolute atomic E-state index is 9.64. The highest BCUT2D eigenvalue weighted by molar-refractivity contribution is 7.16. The molecule has 0 aliphatic heterocycles. The van der Waals surface area contributed by atoms with E-state index in [9.17, 15) is 5.11 Å². The molecule has 0 aliphatic rings. The molecule has 3 unspecified atom stereocenters. The lowest BCUT2D eigenvalue weighted by molar-refractivity contribution is 0.00102. The number of benzene rings is 1. The van der Waals surface area contributed by atoms with E-state index in [0.29, 0.717) is 5.41 Å². The van der Waals surface area contributed by atoms with Gasteiger partial charge in [-0.15, -0.1) is 9.24 Å². The fraction of sp³-hybridized carbons (Fsp3) is 0.864. The van der Waals surface area contributed by atoms with Gasteiger partial charge in [0.25, 0.3) is 0 Å². The average Bonchev–Trinajstić information content (AvgIpc) is 2.92. The Bertz CT molecular complexity index is 1110. The first-order chi connectivity index (χ1) is 20.5. The Morgan fingerprint density at radius 2 is 0.957 bits per heavy atom. The Kier molecular flexibility index (Phi) is 14.1. The molecule has 1 aromatic rings. The topological polar surface area (TPSA) is 20.2 Å². The molecule has 0 heterocycles. The molecule has 0 aromatic heterocycles. The highest BCUT2D eigenvalue weighted by atomic mass is 31.0. The van der Waals surface area contributed by atoms with Crippen molar-refractivity contribution in [2.45, 2.75) is 199 Å². The van der Waals surface area contributed by atoms with Crippen molar-refractivity contribution >= 4 is 9.24 Å². The quantitative estimate of drug-likeness (QED) is 0.156. The van der Waals surface area contributed by atoms with Gasteiger partial charge in [-0.2, -0.15) is 0 Å². The maximum atomic E-state index is 9.64. The summed E-state index contributed by atoms with van der Waals surface area (Å²) in [5.74, 6) is 0. The standard InChI is InChI=1S/C44H83OP/c1-20-43(18,25-23-27-46)40(12,13)31-39(10,11)41(14,15)34-28-33(36(3,4)5)29-35(30-34)42(16,17)44(19,21-2)32-38(8,9)37(6,7)24-22-26-45/h28-30,45H,20-27,31-32,46H2,1-19H3. The molecule has 1 N–H and O–H groups in total. The Morgan fingerprint density at radius 1 is 0.500 bits per heavy atom. The molecule has 2 heteroatoms. The summed E-state index contributed by atoms with van der Waals surface area (Å²) in [6, 6.07) is 7.74. The molecular formula is C44H83OP. The van der Waals surface area contributed by atoms with Crippen LogP contribution in [0.15, 0.2) is 18.2 Å². The minimum atomic E-state index is -0.0273. The number of rotatable bonds is 18. The monoisotopic (exact) mass is 659 g/mol. The van der Waals surface area contributed by atoms with Gasteiger partial charge in [0.05, 0.1) is 0 Å². The molecule has 1 nitrogen and oxygen atoms in total. The normalized spacial score (nSPS) is 17.2. The third-order valence-corrected chi connectivity index (χ3v) is 15.5. The van der Waals surface area contributed by atoms with Gasteiger partial charge >= 0.3 is 0 Å². The van der Waals surface area contributed by atoms with Crippen molar-refractivity contribution in [3.05, 3.63) is 34.9 Å². The molecule has 0 saturated heterocycles. The lowest BCUT2D eigenvalue weighted by atomic mass is 9.51. The number of hydrogen-bond acceptors (Lipinski definition) is 1. The second-order valence-corrected chi connectivity index (χ2v) is 21.3. The summed E-state index contributed by atoms with van der Waals surface area (Å²) in [7, 11) is 2.95. The first-order valence-electron chi connectivity index (χ1n) is 18.9. The van der Waals surface area contributed by atoms with Gasteiger partial charge in [-0.05, 0) is 117 Å². The van der Waals surface area contributed by atoms with Crippen molar-refractivity contribution in [2.24, 2.45) is 32.5 Å². The van der Waals surface area contributed by atoms with Gasteiger partial charge in [-0.3, -0.25) is 0 Å². The summed E-state index contributed by atoms with van der Waals surface area (Å²) in [5.41, 5.74) is 5.47. The molecule has 0 fully saturated rings. The predicted molar refractivity (Wildman–Crippen MR) is 212 cm³/mol. The van der Waals surface area contributed by atoms with Crippen molar-refractivity contribution in [1.29, 1.82) is 0 Å². The molecule has 270 valence electrons. The first kappa shape index (κ1) is 43.6. The Balaban J connectivity index is 3.85. The van der Waals surface area contributed by atoms with Crippen molar-refractivity contribution in [3.63, 3.8) is 0 Å². The molecule has 3 atom stereocenters. The molecule has 1 rings (SSSR count). The van der Waals surface area contributed by atoms with E-state index < -0.39 is 0 Å². The Morgan fingerprint density at radius 3 is 1.37 bits per heavy atom. The Labute approximate surface area is 292 Å². The van der Waals surface area contributed by atoms with Crippen LogP contribution in [-0.4, -0.2) is 17.9 Å². The van der Waals surface area contributed by atoms with Crippen LogP contribution >= 0.6 is 9.24 Å². The van der Waals surface area contributed by atoms with Crippen molar-refractivity contribution < 1.29 is 5.11 Å². The third kappa shape index (κ3) is 9.04. The smallest absolute Gasteiger partial charge is 0.0431 e. The zero-order valence-electron chi connectivity index (χ0n) is 34.8. The van der Waals surface area contributed by atoms with Crippen LogP contribution < -0.4 is 0 Å². The van der Waals surface area contributed by atoms with E-state index in [4.69, 9.17) is 0 Å². The minimum absolute atomic E-state index is 0.0141. The van der Waals surface area contributed by atoms with Crippen molar-refractivity contribution in [2.75, 3.05) is 12.8 Å². The molecule has 0 spiro atoms. The summed E-state index contributed by atoms with van der Waals surface area (Å²) in [6.45, 7) is 47.4. The van der Waals surface area contributed by atoms with E-state index >= 15 is 0 Å². The SMILES string of the molecule is CCC(C)(CCCP)C(C)(C)CC(C)(C)C(C)(C)c1cc(C(C)(C)C)cc(C(C)(C)C(C)(CC)CC(C)(C)C(C)(C)CCCO)c1. The largest absolute Gasteiger partial charge is 0.396 e. The van der Waals surface area contributed by atoms with E-state index in [1.54, 1.807) is 0 Å². The lowest BCUT2D eigenvalue weighted by Gasteiger charge is -2.54. The fourth-order valence-corrected chi connectivity index (χ4v) is 8.61. The van der Waals surface area contributed by atoms with Crippen LogP contribution in [0.4, 0.5) is 0 Å². The summed E-state index contributed by atoms with van der Waals surface area (Å²) in [6.07, 6.45) is 10.4. The van der Waals surface area contributed by atoms with E-state index in [0.717, 1.165) is 25.7 Å². The van der Waals surface area contributed by atoms with Crippen LogP contribution in [0.1, 0.15) is 200 Å². The zero-order chi connectivity index (χ0) is 36.4. The van der Waals surface area contributed by atoms with Gasteiger partial charge in [-0.25, -0.2) is 0 Å². The summed E-state index contributed by atoms with van der Waals surface area (Å²) < 4.78 is 0. The van der Waals surface area contributed by atoms with Gasteiger partial charge in [0.2, 0.25) is 0 Å². The maximum Gasteiger partial charge on any atom is 0.0431 e. The second-order valence-electron chi connectivity index (χ2n) is 20.7. The van der Waals surface area contributed by atoms with Gasteiger partial charge in [0, 0.05) is 6.61 Å². The van der Waals surface area contributed by atoms with E-state index in [-0.39, 0.29) is 49.9 Å². The van der Waals surface area contributed by atoms with Gasteiger partial charge in [0.15, 0.2) is 0 Å². The molecule has 46 heavy (non-hydrogen) atoms. The molecule has 0 amide bonds. The number of aliphatic hydroxyl groups is 1. The molecular weight excluding hydrogens is 575 g/mol. The molecule has 0 saturated carbocycles. The second kappa shape index (κ2) is 14.8. The van der Waals surface area contributed by atoms with Gasteiger partial charge < -0.3 is 5.11 Å². The summed E-state index contributed by atoms with van der Waals surface area (Å²) >= 11 is 0. The van der Waals surface area contributed by atoms with Crippen LogP contribution in [0.3, 0.4) is 0 Å². The first-order valence-corrected chi connectivity index (χ1v) is 19.8. The van der Waals surface area contributed by atoms with Crippen LogP contribution in [0.25, 0.3) is 0 Å². The third-order valence-electron chi connectivity index (χ3n) is 15.1. The summed E-state index contributed by atoms with van der Waals surface area (Å²) in [4.78, 5) is 0. The van der Waals surface area contributed by atoms with E-state index in [1.165, 1.54) is 48.5 Å². The van der Waals surface area contributed by atoms with E-state index in [1.807, 2.05) is 0 Å². The van der Waals surface area contributed by atoms with Crippen LogP contribution in [-0.2, 0) is 16.2 Å². The highest BCUT2D eigenvalue weighted by Gasteiger charge is 2.50. The highest BCUT2D eigenvalue weighted by Crippen LogP contribution is 2.59. The fourth-order valence-electron chi connectivity index (χ4n) is 8.41. The van der Waals surface area contributed by atoms with E-state index in [2.05, 4.69) is 159 Å². The van der Waals surface area contributed by atoms with Gasteiger partial charge in [0.1, 0.15) is 0 Å². The van der Waals surface area contributed by atoms with Gasteiger partial charge in [-0.1, -0.05) is 156 Å². The van der Waals surface area contributed by atoms with Crippen molar-refractivity contribution in [1.82, 2.24) is 0 Å². The Hall–Kier alpha value is -0.390. The number of hydrogen-bond donors (Lipinski definition) is 1. The molecule has 0 radical (unpaired) electrons.